The Kier molecular flexibility index (Phi) is 9.82. The van der Waals surface area contributed by atoms with Crippen molar-refractivity contribution in [3.63, 3.8) is 0 Å². The second-order valence-corrected chi connectivity index (χ2v) is 5.96. The Morgan fingerprint density at radius 1 is 1.29 bits per heavy atom. The van der Waals surface area contributed by atoms with E-state index in [2.05, 4.69) is 0 Å². The van der Waals surface area contributed by atoms with Gasteiger partial charge in [0.2, 0.25) is 0 Å². The summed E-state index contributed by atoms with van der Waals surface area (Å²) >= 11 is 0. The summed E-state index contributed by atoms with van der Waals surface area (Å²) in [5.74, 6) is -0.841. The summed E-state index contributed by atoms with van der Waals surface area (Å²) < 4.78 is 29.6. The van der Waals surface area contributed by atoms with Gasteiger partial charge in [0.25, 0.3) is 10.1 Å². The topological polar surface area (TPSA) is 149 Å². The largest absolute Gasteiger partial charge is 0.480 e. The zero-order valence-electron chi connectivity index (χ0n) is 12.3. The summed E-state index contributed by atoms with van der Waals surface area (Å²) in [6.45, 7) is 5.60. The van der Waals surface area contributed by atoms with Gasteiger partial charge in [-0.05, 0) is 25.0 Å². The fourth-order valence-electron chi connectivity index (χ4n) is 1.21. The molecule has 0 saturated carbocycles. The van der Waals surface area contributed by atoms with E-state index in [4.69, 9.17) is 15.4 Å². The highest BCUT2D eigenvalue weighted by Gasteiger charge is 2.17. The van der Waals surface area contributed by atoms with E-state index >= 15 is 0 Å². The van der Waals surface area contributed by atoms with Gasteiger partial charge >= 0.3 is 5.97 Å². The van der Waals surface area contributed by atoms with Crippen LogP contribution in [0.5, 0.6) is 0 Å². The number of carbonyl (C=O) groups is 1. The number of carboxylic acids is 1. The second-order valence-electron chi connectivity index (χ2n) is 4.54. The number of hydrogen-bond donors (Lipinski definition) is 3. The van der Waals surface area contributed by atoms with Crippen molar-refractivity contribution >= 4 is 16.1 Å². The summed E-state index contributed by atoms with van der Waals surface area (Å²) in [6.07, 6.45) is 0.813. The predicted octanol–water partition coefficient (Wildman–Crippen LogP) is 0.861. The molecule has 2 atom stereocenters. The van der Waals surface area contributed by atoms with Crippen LogP contribution in [0.4, 0.5) is 0 Å². The molecule has 1 aromatic rings. The molecule has 0 spiro atoms. The summed E-state index contributed by atoms with van der Waals surface area (Å²) in [5.41, 5.74) is 6.23. The lowest BCUT2D eigenvalue weighted by molar-refractivity contribution is -0.139. The van der Waals surface area contributed by atoms with Gasteiger partial charge < -0.3 is 16.3 Å². The number of rotatable bonds is 4. The third-order valence-corrected chi connectivity index (χ3v) is 3.73. The molecule has 8 heteroatoms. The van der Waals surface area contributed by atoms with Crippen molar-refractivity contribution in [3.8, 4) is 0 Å². The number of aryl methyl sites for hydroxylation is 1. The molecule has 0 aliphatic rings. The Morgan fingerprint density at radius 3 is 1.95 bits per heavy atom. The van der Waals surface area contributed by atoms with Crippen LogP contribution < -0.4 is 5.73 Å². The minimum atomic E-state index is -4.02. The predicted molar refractivity (Wildman–Crippen MR) is 79.7 cm³/mol. The van der Waals surface area contributed by atoms with Gasteiger partial charge in [-0.3, -0.25) is 9.35 Å². The first-order chi connectivity index (χ1) is 9.09. The van der Waals surface area contributed by atoms with Crippen LogP contribution in [0.3, 0.4) is 0 Å². The Bertz CT molecular complexity index is 526. The normalized spacial score (nSPS) is 13.2. The molecule has 2 unspecified atom stereocenters. The van der Waals surface area contributed by atoms with E-state index in [9.17, 15) is 13.2 Å². The summed E-state index contributed by atoms with van der Waals surface area (Å²) in [7, 11) is -4.02. The van der Waals surface area contributed by atoms with E-state index in [1.807, 2.05) is 20.8 Å². The van der Waals surface area contributed by atoms with Crippen molar-refractivity contribution in [2.45, 2.75) is 38.1 Å². The average Bonchev–Trinajstić information content (AvgIpc) is 2.37. The van der Waals surface area contributed by atoms with E-state index in [-0.39, 0.29) is 16.3 Å². The molecule has 0 aromatic heterocycles. The van der Waals surface area contributed by atoms with Gasteiger partial charge in [0.15, 0.2) is 0 Å². The molecule has 0 fully saturated rings. The van der Waals surface area contributed by atoms with Crippen LogP contribution in [0.2, 0.25) is 0 Å². The number of aliphatic carboxylic acids is 1. The van der Waals surface area contributed by atoms with Crippen molar-refractivity contribution in [2.24, 2.45) is 11.7 Å². The van der Waals surface area contributed by atoms with Gasteiger partial charge in [0.1, 0.15) is 6.04 Å². The van der Waals surface area contributed by atoms with Gasteiger partial charge in [-0.25, -0.2) is 0 Å². The summed E-state index contributed by atoms with van der Waals surface area (Å²) in [6, 6.07) is 5.29. The Labute approximate surface area is 124 Å². The number of nitrogens with two attached hydrogens (primary N) is 1. The van der Waals surface area contributed by atoms with Gasteiger partial charge in [0.05, 0.1) is 4.90 Å². The van der Waals surface area contributed by atoms with Crippen molar-refractivity contribution in [1.82, 2.24) is 0 Å². The van der Waals surface area contributed by atoms with Gasteiger partial charge in [-0.15, -0.1) is 0 Å². The average molecular weight is 321 g/mol. The highest BCUT2D eigenvalue weighted by atomic mass is 32.2. The molecule has 0 bridgehead atoms. The molecule has 1 aromatic carbocycles. The van der Waals surface area contributed by atoms with Crippen LogP contribution in [-0.4, -0.2) is 35.6 Å². The Balaban J connectivity index is 0. The first-order valence-corrected chi connectivity index (χ1v) is 7.56. The summed E-state index contributed by atoms with van der Waals surface area (Å²) in [5, 5.41) is 8.36. The van der Waals surface area contributed by atoms with Crippen molar-refractivity contribution < 1.29 is 28.3 Å². The fraction of sp³-hybridized carbons (Fsp3) is 0.462. The standard InChI is InChI=1S/C7H8O3S.C6H13NO2.H2O/c1-6-2-4-7(5-3-6)11(8,9)10;1-3-4(2)5(7)6(8)9;/h2-5H,1H3,(H,8,9,10);4-5H,3,7H2,1-2H3,(H,8,9);1H2. The molecule has 122 valence electrons. The van der Waals surface area contributed by atoms with Gasteiger partial charge in [-0.2, -0.15) is 8.42 Å². The monoisotopic (exact) mass is 321 g/mol. The van der Waals surface area contributed by atoms with Crippen LogP contribution in [0, 0.1) is 12.8 Å². The smallest absolute Gasteiger partial charge is 0.320 e. The van der Waals surface area contributed by atoms with Crippen molar-refractivity contribution in [1.29, 1.82) is 0 Å². The van der Waals surface area contributed by atoms with E-state index in [1.54, 1.807) is 12.1 Å². The SMILES string of the molecule is CCC(C)C(N)C(=O)O.Cc1ccc(S(=O)(=O)O)cc1.O. The van der Waals surface area contributed by atoms with Crippen LogP contribution in [0.15, 0.2) is 29.2 Å². The van der Waals surface area contributed by atoms with Crippen LogP contribution in [0.25, 0.3) is 0 Å². The lowest BCUT2D eigenvalue weighted by Crippen LogP contribution is -2.36. The van der Waals surface area contributed by atoms with Crippen LogP contribution in [0.1, 0.15) is 25.8 Å². The van der Waals surface area contributed by atoms with Crippen LogP contribution in [-0.2, 0) is 14.9 Å². The number of hydrogen-bond acceptors (Lipinski definition) is 4. The highest BCUT2D eigenvalue weighted by molar-refractivity contribution is 7.85. The van der Waals surface area contributed by atoms with E-state index < -0.39 is 22.1 Å². The number of benzene rings is 1. The van der Waals surface area contributed by atoms with E-state index in [0.29, 0.717) is 0 Å². The number of carboxylic acid groups (broad SMARTS) is 1. The molecule has 7 nitrogen and oxygen atoms in total. The molecule has 0 saturated heterocycles. The Hall–Kier alpha value is -1.48. The maximum Gasteiger partial charge on any atom is 0.320 e. The minimum Gasteiger partial charge on any atom is -0.480 e. The van der Waals surface area contributed by atoms with E-state index in [1.165, 1.54) is 12.1 Å². The van der Waals surface area contributed by atoms with Gasteiger partial charge in [0, 0.05) is 0 Å². The third kappa shape index (κ3) is 8.41. The molecule has 21 heavy (non-hydrogen) atoms. The zero-order valence-corrected chi connectivity index (χ0v) is 13.1. The molecule has 0 heterocycles. The molecule has 0 amide bonds. The molecule has 0 radical (unpaired) electrons. The first-order valence-electron chi connectivity index (χ1n) is 6.12. The molecular weight excluding hydrogens is 298 g/mol. The summed E-state index contributed by atoms with van der Waals surface area (Å²) in [4.78, 5) is 10.1. The Morgan fingerprint density at radius 2 is 1.71 bits per heavy atom. The first kappa shape index (κ1) is 21.8. The molecule has 0 aliphatic carbocycles. The molecular formula is C13H23NO6S. The third-order valence-electron chi connectivity index (χ3n) is 2.86. The van der Waals surface area contributed by atoms with Crippen molar-refractivity contribution in [2.75, 3.05) is 0 Å². The molecule has 1 rings (SSSR count). The lowest BCUT2D eigenvalue weighted by atomic mass is 10.0. The maximum atomic E-state index is 10.5. The highest BCUT2D eigenvalue weighted by Crippen LogP contribution is 2.08. The maximum absolute atomic E-state index is 10.5. The minimum absolute atomic E-state index is 0. The van der Waals surface area contributed by atoms with Crippen LogP contribution >= 0.6 is 0 Å². The van der Waals surface area contributed by atoms with E-state index in [0.717, 1.165) is 12.0 Å². The van der Waals surface area contributed by atoms with Gasteiger partial charge in [-0.1, -0.05) is 38.0 Å². The molecule has 6 N–H and O–H groups in total. The lowest BCUT2D eigenvalue weighted by Gasteiger charge is -2.11. The fourth-order valence-corrected chi connectivity index (χ4v) is 1.69. The molecule has 0 aliphatic heterocycles. The second kappa shape index (κ2) is 9.46. The zero-order chi connectivity index (χ0) is 15.9. The van der Waals surface area contributed by atoms with Crippen molar-refractivity contribution in [3.05, 3.63) is 29.8 Å². The quantitative estimate of drug-likeness (QED) is 0.700.